The number of nitrogens with zero attached hydrogens (tertiary/aromatic N) is 4. The molecule has 0 amide bonds. The molecule has 0 fully saturated rings. The Labute approximate surface area is 333 Å². The van der Waals surface area contributed by atoms with Gasteiger partial charge in [0.25, 0.3) is 0 Å². The van der Waals surface area contributed by atoms with E-state index in [0.29, 0.717) is 6.04 Å². The van der Waals surface area contributed by atoms with Crippen molar-refractivity contribution in [3.05, 3.63) is 178 Å². The van der Waals surface area contributed by atoms with Crippen molar-refractivity contribution in [2.24, 2.45) is 0 Å². The molecule has 4 heteroatoms. The molecule has 3 aromatic heterocycles. The number of hydrogen-bond acceptors (Lipinski definition) is 2. The molecule has 12 rings (SSSR count). The maximum absolute atomic E-state index is 5.61. The van der Waals surface area contributed by atoms with Crippen molar-refractivity contribution in [2.45, 2.75) is 70.3 Å². The molecule has 276 valence electrons. The van der Waals surface area contributed by atoms with Crippen LogP contribution in [0, 0.1) is 0 Å². The molecular weight excluding hydrogens is 693 g/mol. The summed E-state index contributed by atoms with van der Waals surface area (Å²) in [6, 6.07) is 33.7. The molecule has 4 nitrogen and oxygen atoms in total. The normalized spacial score (nSPS) is 19.2. The lowest BCUT2D eigenvalue weighted by atomic mass is 9.77. The van der Waals surface area contributed by atoms with Crippen LogP contribution >= 0.6 is 0 Å². The maximum atomic E-state index is 5.61. The quantitative estimate of drug-likeness (QED) is 0.180. The van der Waals surface area contributed by atoms with Gasteiger partial charge in [0.2, 0.25) is 5.95 Å². The molecule has 1 atom stereocenters. The Balaban J connectivity index is 1.01. The van der Waals surface area contributed by atoms with Crippen LogP contribution in [-0.4, -0.2) is 19.1 Å². The molecule has 0 aliphatic heterocycles. The van der Waals surface area contributed by atoms with E-state index in [1.54, 1.807) is 0 Å². The highest BCUT2D eigenvalue weighted by atomic mass is 15.2. The van der Waals surface area contributed by atoms with Crippen molar-refractivity contribution in [3.8, 4) is 17.2 Å². The second kappa shape index (κ2) is 12.4. The molecule has 57 heavy (non-hydrogen) atoms. The van der Waals surface area contributed by atoms with Gasteiger partial charge in [-0.25, -0.2) is 9.97 Å². The summed E-state index contributed by atoms with van der Waals surface area (Å²) < 4.78 is 4.99. The molecule has 0 bridgehead atoms. The minimum absolute atomic E-state index is 0.112. The fourth-order valence-electron chi connectivity index (χ4n) is 11.1. The molecule has 5 aliphatic rings. The van der Waals surface area contributed by atoms with Crippen LogP contribution in [0.5, 0.6) is 0 Å². The predicted molar refractivity (Wildman–Crippen MR) is 237 cm³/mol. The standard InChI is InChI=1S/C53H44N4/c1-53(2)44-23-10-6-17-36(44)39-21-14-22-41(50(39)53)51-40-20-7-11-24-45(40)54-52(55-51)57-47-26-13-9-19-38(47)43-32-34(28-30-49(43)57)33-27-29-48-42(31-33)37-18-8-12-25-46(37)56(48)35-15-4-3-5-16-35/h3-5,7-15,18-26,31-32,35H,6,16-17,27-30H2,1-2H3. The van der Waals surface area contributed by atoms with E-state index < -0.39 is 0 Å². The van der Waals surface area contributed by atoms with Crippen LogP contribution in [0.15, 0.2) is 144 Å². The van der Waals surface area contributed by atoms with Gasteiger partial charge >= 0.3 is 0 Å². The van der Waals surface area contributed by atoms with Gasteiger partial charge in [0, 0.05) is 55.2 Å². The van der Waals surface area contributed by atoms with Crippen molar-refractivity contribution in [1.29, 1.82) is 0 Å². The average molecular weight is 737 g/mol. The molecule has 0 saturated carbocycles. The lowest BCUT2D eigenvalue weighted by molar-refractivity contribution is 0.597. The minimum atomic E-state index is -0.112. The van der Waals surface area contributed by atoms with E-state index >= 15 is 0 Å². The van der Waals surface area contributed by atoms with Crippen LogP contribution in [0.2, 0.25) is 0 Å². The number of aromatic nitrogens is 4. The number of rotatable bonds is 4. The maximum Gasteiger partial charge on any atom is 0.235 e. The van der Waals surface area contributed by atoms with Gasteiger partial charge < -0.3 is 4.57 Å². The Morgan fingerprint density at radius 1 is 0.632 bits per heavy atom. The van der Waals surface area contributed by atoms with Crippen molar-refractivity contribution in [2.75, 3.05) is 0 Å². The first kappa shape index (κ1) is 32.9. The summed E-state index contributed by atoms with van der Waals surface area (Å²) in [5.74, 6) is 0.755. The lowest BCUT2D eigenvalue weighted by Crippen LogP contribution is -2.18. The smallest absolute Gasteiger partial charge is 0.235 e. The molecule has 0 N–H and O–H groups in total. The summed E-state index contributed by atoms with van der Waals surface area (Å²) in [4.78, 5) is 11.0. The molecule has 0 radical (unpaired) electrons. The molecule has 7 aromatic rings. The van der Waals surface area contributed by atoms with E-state index in [1.807, 2.05) is 0 Å². The SMILES string of the molecule is CC1(C)C2=C(CCC=C2)c2cccc(-c3nc(-n4c5c(c6ccccc64)C=C(C4=Cc6c(n(C7C=CC=CC7)c7ccccc67)CC4)CC5)nc4ccccc34)c21. The topological polar surface area (TPSA) is 35.6 Å². The third-order valence-corrected chi connectivity index (χ3v) is 13.6. The Morgan fingerprint density at radius 3 is 2.14 bits per heavy atom. The first-order valence-electron chi connectivity index (χ1n) is 20.8. The molecule has 4 aromatic carbocycles. The number of fused-ring (bicyclic) bond motifs is 9. The second-order valence-electron chi connectivity index (χ2n) is 17.0. The zero-order valence-corrected chi connectivity index (χ0v) is 32.6. The number of hydrogen-bond donors (Lipinski definition) is 0. The number of para-hydroxylation sites is 3. The Morgan fingerprint density at radius 2 is 1.33 bits per heavy atom. The Bertz CT molecular complexity index is 3070. The molecular formula is C53H44N4. The summed E-state index contributed by atoms with van der Waals surface area (Å²) in [6.07, 6.45) is 26.1. The van der Waals surface area contributed by atoms with Gasteiger partial charge in [0.1, 0.15) is 0 Å². The van der Waals surface area contributed by atoms with Gasteiger partial charge in [-0.05, 0) is 109 Å². The molecule has 5 aliphatic carbocycles. The number of benzene rings is 4. The van der Waals surface area contributed by atoms with Gasteiger partial charge in [-0.1, -0.05) is 123 Å². The third kappa shape index (κ3) is 4.80. The summed E-state index contributed by atoms with van der Waals surface area (Å²) in [6.45, 7) is 4.79. The van der Waals surface area contributed by atoms with E-state index in [-0.39, 0.29) is 5.41 Å². The summed E-state index contributed by atoms with van der Waals surface area (Å²) in [5, 5.41) is 3.73. The zero-order chi connectivity index (χ0) is 37.8. The highest BCUT2D eigenvalue weighted by Crippen LogP contribution is 2.53. The van der Waals surface area contributed by atoms with E-state index in [4.69, 9.17) is 9.97 Å². The Hall–Kier alpha value is -6.26. The van der Waals surface area contributed by atoms with Crippen molar-refractivity contribution in [3.63, 3.8) is 0 Å². The highest BCUT2D eigenvalue weighted by Gasteiger charge is 2.39. The predicted octanol–water partition coefficient (Wildman–Crippen LogP) is 13.0. The number of allylic oxidation sites excluding steroid dienone is 10. The fourth-order valence-corrected chi connectivity index (χ4v) is 11.1. The minimum Gasteiger partial charge on any atom is -0.337 e. The second-order valence-corrected chi connectivity index (χ2v) is 17.0. The van der Waals surface area contributed by atoms with Gasteiger partial charge in [-0.15, -0.1) is 0 Å². The zero-order valence-electron chi connectivity index (χ0n) is 32.6. The van der Waals surface area contributed by atoms with Gasteiger partial charge in [0.05, 0.1) is 22.8 Å². The first-order chi connectivity index (χ1) is 28.0. The largest absolute Gasteiger partial charge is 0.337 e. The summed E-state index contributed by atoms with van der Waals surface area (Å²) in [5.41, 5.74) is 19.8. The Kier molecular flexibility index (Phi) is 7.15. The summed E-state index contributed by atoms with van der Waals surface area (Å²) >= 11 is 0. The molecule has 3 heterocycles. The van der Waals surface area contributed by atoms with Gasteiger partial charge in [-0.2, -0.15) is 0 Å². The van der Waals surface area contributed by atoms with Crippen molar-refractivity contribution < 1.29 is 0 Å². The van der Waals surface area contributed by atoms with E-state index in [0.717, 1.165) is 67.5 Å². The van der Waals surface area contributed by atoms with E-state index in [9.17, 15) is 0 Å². The van der Waals surface area contributed by atoms with Crippen LogP contribution in [-0.2, 0) is 18.3 Å². The lowest BCUT2D eigenvalue weighted by Gasteiger charge is -2.26. The van der Waals surface area contributed by atoms with Gasteiger partial charge in [0.15, 0.2) is 0 Å². The first-order valence-corrected chi connectivity index (χ1v) is 20.8. The van der Waals surface area contributed by atoms with E-state index in [2.05, 4.69) is 163 Å². The van der Waals surface area contributed by atoms with Crippen LogP contribution in [0.1, 0.15) is 85.6 Å². The average Bonchev–Trinajstić information content (AvgIpc) is 3.86. The van der Waals surface area contributed by atoms with Crippen molar-refractivity contribution in [1.82, 2.24) is 19.1 Å². The molecule has 0 spiro atoms. The molecule has 0 saturated heterocycles. The van der Waals surface area contributed by atoms with Gasteiger partial charge in [-0.3, -0.25) is 4.57 Å². The van der Waals surface area contributed by atoms with Crippen LogP contribution < -0.4 is 0 Å². The highest BCUT2D eigenvalue weighted by molar-refractivity contribution is 5.99. The van der Waals surface area contributed by atoms with Crippen LogP contribution in [0.4, 0.5) is 0 Å². The fraction of sp³-hybridized carbons (Fsp3) is 0.208. The van der Waals surface area contributed by atoms with Crippen LogP contribution in [0.3, 0.4) is 0 Å². The van der Waals surface area contributed by atoms with Crippen LogP contribution in [0.25, 0.3) is 67.6 Å². The van der Waals surface area contributed by atoms with Crippen molar-refractivity contribution >= 4 is 50.4 Å². The van der Waals surface area contributed by atoms with E-state index in [1.165, 1.54) is 83.3 Å². The molecule has 1 unspecified atom stereocenters. The monoisotopic (exact) mass is 736 g/mol. The summed E-state index contributed by atoms with van der Waals surface area (Å²) in [7, 11) is 0. The third-order valence-electron chi connectivity index (χ3n) is 13.6.